The summed E-state index contributed by atoms with van der Waals surface area (Å²) in [5.74, 6) is 0.618. The largest absolute Gasteiger partial charge is 0.233 e. The van der Waals surface area contributed by atoms with E-state index < -0.39 is 0 Å². The zero-order valence-electron chi connectivity index (χ0n) is 29.5. The van der Waals surface area contributed by atoms with E-state index in [-0.39, 0.29) is 0 Å². The fourth-order valence-corrected chi connectivity index (χ4v) is 7.48. The van der Waals surface area contributed by atoms with E-state index in [9.17, 15) is 0 Å². The third kappa shape index (κ3) is 6.11. The number of hydrogen-bond acceptors (Lipinski definition) is 1. The molecule has 0 N–H and O–H groups in total. The molecule has 0 heterocycles. The summed E-state index contributed by atoms with van der Waals surface area (Å²) in [5.41, 5.74) is 16.6. The van der Waals surface area contributed by atoms with Crippen LogP contribution in [-0.4, -0.2) is 11.5 Å². The van der Waals surface area contributed by atoms with Gasteiger partial charge in [-0.2, -0.15) is 0 Å². The minimum absolute atomic E-state index is 0.618. The van der Waals surface area contributed by atoms with Gasteiger partial charge in [0, 0.05) is 11.3 Å². The van der Waals surface area contributed by atoms with Gasteiger partial charge in [0.1, 0.15) is 0 Å². The molecule has 2 heteroatoms. The molecule has 0 unspecified atom stereocenters. The van der Waals surface area contributed by atoms with Crippen LogP contribution in [0.5, 0.6) is 0 Å². The number of benzene rings is 8. The van der Waals surface area contributed by atoms with Crippen LogP contribution in [0.1, 0.15) is 23.6 Å². The van der Waals surface area contributed by atoms with Gasteiger partial charge in [-0.05, 0) is 90.5 Å². The van der Waals surface area contributed by atoms with Gasteiger partial charge in [0.25, 0.3) is 0 Å². The van der Waals surface area contributed by atoms with E-state index in [0.29, 0.717) is 11.5 Å². The Morgan fingerprint density at radius 2 is 0.868 bits per heavy atom. The number of aliphatic imine (C=N–C) groups is 2. The molecule has 2 nitrogen and oxygen atoms in total. The second-order valence-electron chi connectivity index (χ2n) is 13.5. The monoisotopic (exact) mass is 676 g/mol. The predicted octanol–water partition coefficient (Wildman–Crippen LogP) is 13.4. The summed E-state index contributed by atoms with van der Waals surface area (Å²) in [5, 5.41) is 2.55. The summed E-state index contributed by atoms with van der Waals surface area (Å²) < 4.78 is 0. The summed E-state index contributed by atoms with van der Waals surface area (Å²) >= 11 is 0. The van der Waals surface area contributed by atoms with Crippen molar-refractivity contribution in [1.82, 2.24) is 0 Å². The van der Waals surface area contributed by atoms with Crippen LogP contribution in [0.4, 0.5) is 0 Å². The summed E-state index contributed by atoms with van der Waals surface area (Å²) in [6, 6.07) is 66.4. The molecule has 0 aromatic heterocycles. The molecular formula is C51H36N2. The van der Waals surface area contributed by atoms with E-state index in [2.05, 4.69) is 189 Å². The van der Waals surface area contributed by atoms with Crippen LogP contribution in [0.25, 0.3) is 72.1 Å². The first-order valence-electron chi connectivity index (χ1n) is 18.0. The topological polar surface area (TPSA) is 24.7 Å². The lowest BCUT2D eigenvalue weighted by Gasteiger charge is -2.12. The van der Waals surface area contributed by atoms with Crippen molar-refractivity contribution in [3.05, 3.63) is 211 Å². The van der Waals surface area contributed by atoms with E-state index >= 15 is 0 Å². The first-order valence-corrected chi connectivity index (χ1v) is 18.0. The van der Waals surface area contributed by atoms with Crippen LogP contribution in [0, 0.1) is 0 Å². The molecule has 0 amide bonds. The predicted molar refractivity (Wildman–Crippen MR) is 225 cm³/mol. The SMILES string of the molecule is C=C(N=C(N=C(C)c1ccc(-c2ccccc2)cc1)c1cccc(-c2ccc3c4c(cccc24)-c2ccccc2-3)c1)c1ccc(-c2ccccc2)cc1. The average molecular weight is 677 g/mol. The van der Waals surface area contributed by atoms with Gasteiger partial charge in [-0.15, -0.1) is 0 Å². The molecule has 0 bridgehead atoms. The number of rotatable bonds is 7. The smallest absolute Gasteiger partial charge is 0.160 e. The standard InChI is InChI=1S/C51H36N2/c1-34(36-23-27-40(28-24-36)38-13-5-3-6-14-38)52-51(53-35(2)37-25-29-41(30-26-37)39-15-7-4-8-16-39)43-18-11-17-42(33-43)44-31-32-49-46-20-10-9-19-45(46)48-22-12-21-47(44)50(48)49/h3-33H,1H2,2H3. The molecule has 0 saturated carbocycles. The lowest BCUT2D eigenvalue weighted by Crippen LogP contribution is -2.04. The maximum Gasteiger partial charge on any atom is 0.160 e. The molecule has 8 aromatic rings. The van der Waals surface area contributed by atoms with Crippen LogP contribution in [-0.2, 0) is 0 Å². The highest BCUT2D eigenvalue weighted by molar-refractivity contribution is 6.19. The number of hydrogen-bond donors (Lipinski definition) is 0. The van der Waals surface area contributed by atoms with Crippen LogP contribution < -0.4 is 0 Å². The molecule has 1 aliphatic carbocycles. The molecular weight excluding hydrogens is 641 g/mol. The van der Waals surface area contributed by atoms with Crippen LogP contribution >= 0.6 is 0 Å². The molecule has 53 heavy (non-hydrogen) atoms. The molecule has 0 fully saturated rings. The zero-order valence-corrected chi connectivity index (χ0v) is 29.5. The molecule has 0 radical (unpaired) electrons. The van der Waals surface area contributed by atoms with Crippen molar-refractivity contribution in [1.29, 1.82) is 0 Å². The zero-order chi connectivity index (χ0) is 35.7. The summed E-state index contributed by atoms with van der Waals surface area (Å²) in [6.07, 6.45) is 0. The Bertz CT molecular complexity index is 2670. The highest BCUT2D eigenvalue weighted by Gasteiger charge is 2.22. The molecule has 8 aromatic carbocycles. The Morgan fingerprint density at radius 3 is 1.51 bits per heavy atom. The second-order valence-corrected chi connectivity index (χ2v) is 13.5. The molecule has 0 aliphatic heterocycles. The van der Waals surface area contributed by atoms with Crippen molar-refractivity contribution in [2.45, 2.75) is 6.92 Å². The maximum absolute atomic E-state index is 5.22. The van der Waals surface area contributed by atoms with E-state index in [1.54, 1.807) is 0 Å². The number of nitrogens with zero attached hydrogens (tertiary/aromatic N) is 2. The molecule has 9 rings (SSSR count). The molecule has 0 saturated heterocycles. The first kappa shape index (κ1) is 32.0. The molecule has 1 aliphatic rings. The Balaban J connectivity index is 1.12. The fraction of sp³-hybridized carbons (Fsp3) is 0.0196. The van der Waals surface area contributed by atoms with E-state index in [0.717, 1.165) is 33.5 Å². The Morgan fingerprint density at radius 1 is 0.377 bits per heavy atom. The van der Waals surface area contributed by atoms with Crippen LogP contribution in [0.15, 0.2) is 205 Å². The van der Waals surface area contributed by atoms with E-state index in [1.807, 2.05) is 12.1 Å². The van der Waals surface area contributed by atoms with Gasteiger partial charge in [0.15, 0.2) is 5.84 Å². The van der Waals surface area contributed by atoms with Gasteiger partial charge in [0.05, 0.1) is 5.70 Å². The minimum atomic E-state index is 0.618. The van der Waals surface area contributed by atoms with Crippen molar-refractivity contribution >= 4 is 28.0 Å². The average Bonchev–Trinajstić information content (AvgIpc) is 3.56. The number of fused-ring (bicyclic) bond motifs is 3. The molecule has 0 atom stereocenters. The highest BCUT2D eigenvalue weighted by Crippen LogP contribution is 2.49. The third-order valence-corrected chi connectivity index (χ3v) is 10.2. The summed E-state index contributed by atoms with van der Waals surface area (Å²) in [4.78, 5) is 10.4. The maximum atomic E-state index is 5.22. The van der Waals surface area contributed by atoms with E-state index in [4.69, 9.17) is 9.98 Å². The fourth-order valence-electron chi connectivity index (χ4n) is 7.48. The normalized spacial score (nSPS) is 12.2. The Kier molecular flexibility index (Phi) is 8.26. The Labute approximate surface area is 310 Å². The third-order valence-electron chi connectivity index (χ3n) is 10.2. The van der Waals surface area contributed by atoms with Crippen LogP contribution in [0.2, 0.25) is 0 Å². The molecule has 250 valence electrons. The van der Waals surface area contributed by atoms with Gasteiger partial charge >= 0.3 is 0 Å². The van der Waals surface area contributed by atoms with E-state index in [1.165, 1.54) is 55.3 Å². The lowest BCUT2D eigenvalue weighted by molar-refractivity contribution is 1.44. The van der Waals surface area contributed by atoms with Gasteiger partial charge in [0.2, 0.25) is 0 Å². The number of amidine groups is 1. The quantitative estimate of drug-likeness (QED) is 0.119. The van der Waals surface area contributed by atoms with Gasteiger partial charge in [-0.3, -0.25) is 0 Å². The van der Waals surface area contributed by atoms with Crippen molar-refractivity contribution in [2.75, 3.05) is 0 Å². The first-order chi connectivity index (χ1) is 26.1. The molecule has 0 spiro atoms. The second kappa shape index (κ2) is 13.7. The van der Waals surface area contributed by atoms with Crippen molar-refractivity contribution in [2.24, 2.45) is 9.98 Å². The van der Waals surface area contributed by atoms with Crippen molar-refractivity contribution < 1.29 is 0 Å². The van der Waals surface area contributed by atoms with Gasteiger partial charge in [-0.1, -0.05) is 189 Å². The van der Waals surface area contributed by atoms with Crippen molar-refractivity contribution in [3.8, 4) is 55.6 Å². The minimum Gasteiger partial charge on any atom is -0.233 e. The lowest BCUT2D eigenvalue weighted by atomic mass is 9.93. The van der Waals surface area contributed by atoms with Gasteiger partial charge < -0.3 is 0 Å². The highest BCUT2D eigenvalue weighted by atomic mass is 14.9. The van der Waals surface area contributed by atoms with Crippen molar-refractivity contribution in [3.63, 3.8) is 0 Å². The van der Waals surface area contributed by atoms with Gasteiger partial charge in [-0.25, -0.2) is 9.98 Å². The summed E-state index contributed by atoms with van der Waals surface area (Å²) in [7, 11) is 0. The summed E-state index contributed by atoms with van der Waals surface area (Å²) in [6.45, 7) is 6.48. The Hall–Kier alpha value is -6.90. The van der Waals surface area contributed by atoms with Crippen LogP contribution in [0.3, 0.4) is 0 Å².